The Morgan fingerprint density at radius 2 is 1.51 bits per heavy atom. The van der Waals surface area contributed by atoms with Crippen LogP contribution in [0.3, 0.4) is 0 Å². The zero-order valence-corrected chi connectivity index (χ0v) is 24.6. The van der Waals surface area contributed by atoms with Crippen LogP contribution < -0.4 is 9.62 Å². The van der Waals surface area contributed by atoms with Crippen molar-refractivity contribution in [3.63, 3.8) is 0 Å². The molecule has 7 nitrogen and oxygen atoms in total. The number of aryl methyl sites for hydroxylation is 1. The number of sulfonamides is 1. The maximum Gasteiger partial charge on any atom is 0.264 e. The van der Waals surface area contributed by atoms with E-state index >= 15 is 0 Å². The topological polar surface area (TPSA) is 86.8 Å². The molecule has 0 radical (unpaired) electrons. The van der Waals surface area contributed by atoms with Crippen LogP contribution in [0.2, 0.25) is 5.02 Å². The van der Waals surface area contributed by atoms with Gasteiger partial charge in [0.25, 0.3) is 10.0 Å². The Bertz CT molecular complexity index is 1390. The maximum absolute atomic E-state index is 14.1. The minimum atomic E-state index is -4.10. The highest BCUT2D eigenvalue weighted by molar-refractivity contribution is 7.92. The van der Waals surface area contributed by atoms with Crippen molar-refractivity contribution in [1.82, 2.24) is 10.2 Å². The molecule has 0 unspecified atom stereocenters. The molecule has 0 aromatic heterocycles. The first kappa shape index (κ1) is 30.2. The van der Waals surface area contributed by atoms with Gasteiger partial charge in [-0.3, -0.25) is 13.9 Å². The van der Waals surface area contributed by atoms with Crippen molar-refractivity contribution in [2.24, 2.45) is 0 Å². The second-order valence-electron chi connectivity index (χ2n) is 10.4. The number of halogens is 1. The van der Waals surface area contributed by atoms with E-state index in [1.807, 2.05) is 34.6 Å². The van der Waals surface area contributed by atoms with Gasteiger partial charge < -0.3 is 10.2 Å². The van der Waals surface area contributed by atoms with Gasteiger partial charge in [0.15, 0.2) is 0 Å². The first-order valence-electron chi connectivity index (χ1n) is 12.8. The first-order chi connectivity index (χ1) is 18.3. The van der Waals surface area contributed by atoms with Gasteiger partial charge in [-0.1, -0.05) is 72.6 Å². The monoisotopic (exact) mass is 569 g/mol. The number of nitrogens with zero attached hydrogens (tertiary/aromatic N) is 2. The maximum atomic E-state index is 14.1. The summed E-state index contributed by atoms with van der Waals surface area (Å²) in [4.78, 5) is 28.9. The SMILES string of the molecule is CC[C@@H](C(=O)NC(C)(C)C)N(Cc1ccccc1Cl)C(=O)CN(c1ccc(C)cc1)S(=O)(=O)c1ccccc1. The number of anilines is 1. The third-order valence-corrected chi connectivity index (χ3v) is 8.27. The zero-order chi connectivity index (χ0) is 28.8. The van der Waals surface area contributed by atoms with Gasteiger partial charge in [0.1, 0.15) is 12.6 Å². The Hall–Kier alpha value is -3.36. The summed E-state index contributed by atoms with van der Waals surface area (Å²) in [6, 6.07) is 21.2. The van der Waals surface area contributed by atoms with E-state index in [9.17, 15) is 18.0 Å². The Kier molecular flexibility index (Phi) is 9.80. The van der Waals surface area contributed by atoms with E-state index in [1.54, 1.807) is 66.7 Å². The summed E-state index contributed by atoms with van der Waals surface area (Å²) in [7, 11) is -4.10. The second-order valence-corrected chi connectivity index (χ2v) is 12.7. The van der Waals surface area contributed by atoms with Gasteiger partial charge in [-0.15, -0.1) is 0 Å². The molecule has 0 bridgehead atoms. The van der Waals surface area contributed by atoms with E-state index in [4.69, 9.17) is 11.6 Å². The molecular weight excluding hydrogens is 534 g/mol. The number of carbonyl (C=O) groups is 2. The molecular formula is C30H36ClN3O4S. The summed E-state index contributed by atoms with van der Waals surface area (Å²) in [6.45, 7) is 8.86. The first-order valence-corrected chi connectivity index (χ1v) is 14.6. The fourth-order valence-electron chi connectivity index (χ4n) is 4.14. The van der Waals surface area contributed by atoms with Crippen molar-refractivity contribution >= 4 is 39.1 Å². The Morgan fingerprint density at radius 3 is 2.08 bits per heavy atom. The number of hydrogen-bond acceptors (Lipinski definition) is 4. The molecule has 0 aliphatic carbocycles. The van der Waals surface area contributed by atoms with Gasteiger partial charge in [-0.25, -0.2) is 8.42 Å². The lowest BCUT2D eigenvalue weighted by atomic mass is 10.1. The van der Waals surface area contributed by atoms with Crippen LogP contribution in [0.1, 0.15) is 45.2 Å². The van der Waals surface area contributed by atoms with Crippen molar-refractivity contribution < 1.29 is 18.0 Å². The minimum absolute atomic E-state index is 0.0434. The van der Waals surface area contributed by atoms with Crippen LogP contribution in [0, 0.1) is 6.92 Å². The fourth-order valence-corrected chi connectivity index (χ4v) is 5.77. The average Bonchev–Trinajstić information content (AvgIpc) is 2.88. The Labute approximate surface area is 236 Å². The Morgan fingerprint density at radius 1 is 0.923 bits per heavy atom. The van der Waals surface area contributed by atoms with Crippen LogP contribution in [0.5, 0.6) is 0 Å². The summed E-state index contributed by atoms with van der Waals surface area (Å²) in [5.41, 5.74) is 1.44. The molecule has 0 heterocycles. The predicted molar refractivity (Wildman–Crippen MR) is 156 cm³/mol. The van der Waals surface area contributed by atoms with E-state index in [0.29, 0.717) is 22.7 Å². The predicted octanol–water partition coefficient (Wildman–Crippen LogP) is 5.57. The summed E-state index contributed by atoms with van der Waals surface area (Å²) in [6.07, 6.45) is 0.327. The van der Waals surface area contributed by atoms with E-state index in [0.717, 1.165) is 9.87 Å². The molecule has 3 rings (SSSR count). The van der Waals surface area contributed by atoms with Crippen molar-refractivity contribution in [2.45, 2.75) is 64.1 Å². The normalized spacial score (nSPS) is 12.5. The van der Waals surface area contributed by atoms with Crippen molar-refractivity contribution in [2.75, 3.05) is 10.8 Å². The molecule has 0 spiro atoms. The van der Waals surface area contributed by atoms with Gasteiger partial charge in [0, 0.05) is 17.1 Å². The summed E-state index contributed by atoms with van der Waals surface area (Å²) >= 11 is 6.43. The van der Waals surface area contributed by atoms with Crippen LogP contribution in [0.4, 0.5) is 5.69 Å². The third kappa shape index (κ3) is 7.83. The summed E-state index contributed by atoms with van der Waals surface area (Å²) < 4.78 is 28.7. The van der Waals surface area contributed by atoms with Crippen molar-refractivity contribution in [3.05, 3.63) is 95.0 Å². The van der Waals surface area contributed by atoms with Gasteiger partial charge in [-0.2, -0.15) is 0 Å². The van der Waals surface area contributed by atoms with Crippen LogP contribution >= 0.6 is 11.6 Å². The number of hydrogen-bond donors (Lipinski definition) is 1. The minimum Gasteiger partial charge on any atom is -0.350 e. The van der Waals surface area contributed by atoms with E-state index in [-0.39, 0.29) is 17.3 Å². The number of rotatable bonds is 10. The molecule has 9 heteroatoms. The summed E-state index contributed by atoms with van der Waals surface area (Å²) in [5, 5.41) is 3.41. The summed E-state index contributed by atoms with van der Waals surface area (Å²) in [5.74, 6) is -0.843. The van der Waals surface area contributed by atoms with Gasteiger partial charge in [-0.05, 0) is 70.0 Å². The fraction of sp³-hybridized carbons (Fsp3) is 0.333. The van der Waals surface area contributed by atoms with Gasteiger partial charge in [0.2, 0.25) is 11.8 Å². The number of benzene rings is 3. The number of amides is 2. The van der Waals surface area contributed by atoms with Crippen molar-refractivity contribution in [3.8, 4) is 0 Å². The smallest absolute Gasteiger partial charge is 0.264 e. The number of nitrogens with one attached hydrogen (secondary N) is 1. The highest BCUT2D eigenvalue weighted by Gasteiger charge is 2.34. The third-order valence-electron chi connectivity index (χ3n) is 6.11. The van der Waals surface area contributed by atoms with E-state index in [2.05, 4.69) is 5.32 Å². The zero-order valence-electron chi connectivity index (χ0n) is 23.0. The molecule has 2 amide bonds. The second kappa shape index (κ2) is 12.7. The molecule has 0 aliphatic rings. The van der Waals surface area contributed by atoms with Gasteiger partial charge in [0.05, 0.1) is 10.6 Å². The standard InChI is InChI=1S/C30H36ClN3O4S/c1-6-27(29(36)32-30(3,4)5)33(20-23-12-10-11-15-26(23)31)28(35)21-34(24-18-16-22(2)17-19-24)39(37,38)25-13-8-7-9-14-25/h7-19,27H,6,20-21H2,1-5H3,(H,32,36)/t27-/m0/s1. The molecule has 3 aromatic rings. The van der Waals surface area contributed by atoms with Crippen LogP contribution in [0.15, 0.2) is 83.8 Å². The highest BCUT2D eigenvalue weighted by atomic mass is 35.5. The van der Waals surface area contributed by atoms with Crippen molar-refractivity contribution in [1.29, 1.82) is 0 Å². The molecule has 39 heavy (non-hydrogen) atoms. The van der Waals surface area contributed by atoms with E-state index < -0.39 is 34.1 Å². The molecule has 208 valence electrons. The molecule has 0 saturated carbocycles. The quantitative estimate of drug-likeness (QED) is 0.346. The Balaban J connectivity index is 2.07. The molecule has 1 N–H and O–H groups in total. The highest BCUT2D eigenvalue weighted by Crippen LogP contribution is 2.26. The number of carbonyl (C=O) groups excluding carboxylic acids is 2. The van der Waals surface area contributed by atoms with Gasteiger partial charge >= 0.3 is 0 Å². The van der Waals surface area contributed by atoms with Crippen LogP contribution in [-0.4, -0.2) is 43.3 Å². The van der Waals surface area contributed by atoms with Crippen LogP contribution in [0.25, 0.3) is 0 Å². The molecule has 0 aliphatic heterocycles. The van der Waals surface area contributed by atoms with E-state index in [1.165, 1.54) is 17.0 Å². The van der Waals surface area contributed by atoms with Crippen LogP contribution in [-0.2, 0) is 26.2 Å². The molecule has 0 saturated heterocycles. The molecule has 0 fully saturated rings. The molecule has 1 atom stereocenters. The molecule has 3 aromatic carbocycles. The largest absolute Gasteiger partial charge is 0.350 e. The average molecular weight is 570 g/mol. The lowest BCUT2D eigenvalue weighted by Gasteiger charge is -2.35. The lowest BCUT2D eigenvalue weighted by molar-refractivity contribution is -0.141. The lowest BCUT2D eigenvalue weighted by Crippen LogP contribution is -2.55.